The molecule has 0 radical (unpaired) electrons. The van der Waals surface area contributed by atoms with Crippen LogP contribution in [0.25, 0.3) is 0 Å². The molecule has 1 aromatic heterocycles. The van der Waals surface area contributed by atoms with Crippen LogP contribution in [0, 0.1) is 13.8 Å². The summed E-state index contributed by atoms with van der Waals surface area (Å²) in [6.07, 6.45) is 0. The van der Waals surface area contributed by atoms with Crippen LogP contribution >= 0.6 is 11.6 Å². The summed E-state index contributed by atoms with van der Waals surface area (Å²) in [6, 6.07) is 1.43. The summed E-state index contributed by atoms with van der Waals surface area (Å²) in [5.74, 6) is 0.0125. The number of halogens is 1. The van der Waals surface area contributed by atoms with Crippen molar-refractivity contribution in [3.05, 3.63) is 22.3 Å². The molecule has 1 fully saturated rings. The van der Waals surface area contributed by atoms with Gasteiger partial charge in [0.25, 0.3) is 5.91 Å². The molecule has 1 aliphatic rings. The second-order valence-corrected chi connectivity index (χ2v) is 5.64. The molecule has 0 saturated carbocycles. The van der Waals surface area contributed by atoms with Crippen LogP contribution in [0.2, 0.25) is 5.15 Å². The lowest BCUT2D eigenvalue weighted by atomic mass is 10.1. The Kier molecular flexibility index (Phi) is 3.05. The first-order valence-corrected chi connectivity index (χ1v) is 6.32. The molecule has 0 aliphatic carbocycles. The normalized spacial score (nSPS) is 18.4. The molecule has 0 unspecified atom stereocenters. The number of rotatable bonds is 1. The second-order valence-electron chi connectivity index (χ2n) is 5.28. The number of aryl methyl sites for hydroxylation is 2. The van der Waals surface area contributed by atoms with Crippen molar-refractivity contribution in [2.45, 2.75) is 33.2 Å². The second kappa shape index (κ2) is 4.20. The van der Waals surface area contributed by atoms with Crippen LogP contribution in [0.4, 0.5) is 10.6 Å². The highest BCUT2D eigenvalue weighted by Crippen LogP contribution is 2.32. The number of pyridine rings is 1. The smallest absolute Gasteiger partial charge is 0.313 e. The van der Waals surface area contributed by atoms with Gasteiger partial charge in [0.2, 0.25) is 0 Å². The highest BCUT2D eigenvalue weighted by molar-refractivity contribution is 6.30. The molecule has 0 spiro atoms. The average molecular weight is 282 g/mol. The maximum Gasteiger partial charge on any atom is 0.333 e. The van der Waals surface area contributed by atoms with E-state index in [0.29, 0.717) is 11.0 Å². The van der Waals surface area contributed by atoms with Gasteiger partial charge in [0, 0.05) is 7.05 Å². The number of likely N-dealkylation sites (N-methyl/N-ethyl adjacent to an activating group) is 1. The fourth-order valence-electron chi connectivity index (χ4n) is 2.02. The maximum absolute atomic E-state index is 12.4. The van der Waals surface area contributed by atoms with Gasteiger partial charge >= 0.3 is 6.03 Å². The quantitative estimate of drug-likeness (QED) is 0.587. The molecule has 0 atom stereocenters. The molecule has 1 aliphatic heterocycles. The zero-order chi connectivity index (χ0) is 14.5. The third kappa shape index (κ3) is 1.89. The molecule has 0 aromatic carbocycles. The number of aromatic nitrogens is 1. The van der Waals surface area contributed by atoms with Gasteiger partial charge in [0.05, 0.1) is 0 Å². The van der Waals surface area contributed by atoms with Crippen molar-refractivity contribution in [3.63, 3.8) is 0 Å². The van der Waals surface area contributed by atoms with E-state index in [2.05, 4.69) is 4.98 Å². The fourth-order valence-corrected chi connectivity index (χ4v) is 2.16. The standard InChI is InChI=1S/C13H16ClN3O2/c1-7-6-8(2)10(15-9(7)14)17-11(18)13(3,4)16(5)12(17)19/h6H,1-5H3. The highest BCUT2D eigenvalue weighted by Gasteiger charge is 2.50. The van der Waals surface area contributed by atoms with E-state index >= 15 is 0 Å². The Morgan fingerprint density at radius 1 is 1.21 bits per heavy atom. The highest BCUT2D eigenvalue weighted by atomic mass is 35.5. The van der Waals surface area contributed by atoms with Crippen molar-refractivity contribution < 1.29 is 9.59 Å². The van der Waals surface area contributed by atoms with Crippen LogP contribution in [-0.4, -0.2) is 34.4 Å². The Bertz CT molecular complexity index is 583. The van der Waals surface area contributed by atoms with Crippen LogP contribution in [0.1, 0.15) is 25.0 Å². The van der Waals surface area contributed by atoms with Crippen LogP contribution in [0.15, 0.2) is 6.07 Å². The Labute approximate surface area is 117 Å². The van der Waals surface area contributed by atoms with Crippen molar-refractivity contribution in [1.29, 1.82) is 0 Å². The summed E-state index contributed by atoms with van der Waals surface area (Å²) in [5, 5.41) is 0.300. The lowest BCUT2D eigenvalue weighted by molar-refractivity contribution is -0.123. The number of urea groups is 1. The molecular formula is C13H16ClN3O2. The third-order valence-electron chi connectivity index (χ3n) is 3.57. The minimum absolute atomic E-state index is 0.296. The van der Waals surface area contributed by atoms with Gasteiger partial charge in [-0.25, -0.2) is 14.7 Å². The number of hydrogen-bond acceptors (Lipinski definition) is 3. The minimum Gasteiger partial charge on any atom is -0.313 e. The van der Waals surface area contributed by atoms with Gasteiger partial charge in [-0.3, -0.25) is 4.79 Å². The van der Waals surface area contributed by atoms with Crippen LogP contribution in [0.5, 0.6) is 0 Å². The monoisotopic (exact) mass is 281 g/mol. The molecule has 0 bridgehead atoms. The van der Waals surface area contributed by atoms with Gasteiger partial charge in [-0.05, 0) is 44.9 Å². The zero-order valence-corrected chi connectivity index (χ0v) is 12.4. The summed E-state index contributed by atoms with van der Waals surface area (Å²) in [6.45, 7) is 7.05. The number of anilines is 1. The summed E-state index contributed by atoms with van der Waals surface area (Å²) in [5.41, 5.74) is 0.687. The first-order chi connectivity index (χ1) is 8.67. The topological polar surface area (TPSA) is 53.5 Å². The zero-order valence-electron chi connectivity index (χ0n) is 11.6. The first kappa shape index (κ1) is 13.8. The molecule has 3 amide bonds. The molecule has 6 heteroatoms. The van der Waals surface area contributed by atoms with Crippen molar-refractivity contribution in [2.75, 3.05) is 11.9 Å². The van der Waals surface area contributed by atoms with E-state index in [4.69, 9.17) is 11.6 Å². The molecular weight excluding hydrogens is 266 g/mol. The molecule has 19 heavy (non-hydrogen) atoms. The number of imide groups is 1. The Hall–Kier alpha value is -1.62. The SMILES string of the molecule is Cc1cc(C)c(N2C(=O)N(C)C(C)(C)C2=O)nc1Cl. The Morgan fingerprint density at radius 2 is 1.79 bits per heavy atom. The largest absolute Gasteiger partial charge is 0.333 e. The van der Waals surface area contributed by atoms with Gasteiger partial charge < -0.3 is 4.90 Å². The van der Waals surface area contributed by atoms with Crippen molar-refractivity contribution in [1.82, 2.24) is 9.88 Å². The summed E-state index contributed by atoms with van der Waals surface area (Å²) >= 11 is 5.99. The molecule has 1 saturated heterocycles. The number of carbonyl (C=O) groups is 2. The predicted octanol–water partition coefficient (Wildman–Crippen LogP) is 2.53. The fraction of sp³-hybridized carbons (Fsp3) is 0.462. The summed E-state index contributed by atoms with van der Waals surface area (Å²) in [4.78, 5) is 31.3. The lowest BCUT2D eigenvalue weighted by Gasteiger charge is -2.22. The molecule has 1 aromatic rings. The number of hydrogen-bond donors (Lipinski definition) is 0. The van der Waals surface area contributed by atoms with Crippen molar-refractivity contribution in [2.24, 2.45) is 0 Å². The number of nitrogens with zero attached hydrogens (tertiary/aromatic N) is 3. The first-order valence-electron chi connectivity index (χ1n) is 5.94. The van der Waals surface area contributed by atoms with E-state index in [9.17, 15) is 9.59 Å². The summed E-state index contributed by atoms with van der Waals surface area (Å²) in [7, 11) is 1.60. The van der Waals surface area contributed by atoms with Crippen LogP contribution in [-0.2, 0) is 4.79 Å². The van der Waals surface area contributed by atoms with Gasteiger partial charge in [-0.15, -0.1) is 0 Å². The molecule has 2 rings (SSSR count). The van der Waals surface area contributed by atoms with E-state index in [0.717, 1.165) is 16.0 Å². The molecule has 5 nitrogen and oxygen atoms in total. The van der Waals surface area contributed by atoms with Crippen molar-refractivity contribution >= 4 is 29.4 Å². The minimum atomic E-state index is -0.872. The van der Waals surface area contributed by atoms with Gasteiger partial charge in [-0.1, -0.05) is 11.6 Å². The van der Waals surface area contributed by atoms with Gasteiger partial charge in [0.15, 0.2) is 0 Å². The van der Waals surface area contributed by atoms with Crippen LogP contribution < -0.4 is 4.90 Å². The maximum atomic E-state index is 12.4. The Balaban J connectivity index is 2.57. The van der Waals surface area contributed by atoms with E-state index in [1.807, 2.05) is 13.0 Å². The number of carbonyl (C=O) groups excluding carboxylic acids is 2. The lowest BCUT2D eigenvalue weighted by Crippen LogP contribution is -2.41. The third-order valence-corrected chi connectivity index (χ3v) is 3.95. The number of amides is 3. The van der Waals surface area contributed by atoms with E-state index in [1.165, 1.54) is 4.90 Å². The molecule has 102 valence electrons. The van der Waals surface area contributed by atoms with E-state index < -0.39 is 5.54 Å². The predicted molar refractivity (Wildman–Crippen MR) is 73.4 cm³/mol. The van der Waals surface area contributed by atoms with E-state index in [1.54, 1.807) is 27.8 Å². The van der Waals surface area contributed by atoms with Crippen LogP contribution in [0.3, 0.4) is 0 Å². The summed E-state index contributed by atoms with van der Waals surface area (Å²) < 4.78 is 0. The van der Waals surface area contributed by atoms with Crippen molar-refractivity contribution in [3.8, 4) is 0 Å². The van der Waals surface area contributed by atoms with Gasteiger partial charge in [0.1, 0.15) is 16.5 Å². The average Bonchev–Trinajstić information content (AvgIpc) is 2.47. The van der Waals surface area contributed by atoms with Gasteiger partial charge in [-0.2, -0.15) is 0 Å². The van der Waals surface area contributed by atoms with E-state index in [-0.39, 0.29) is 11.9 Å². The Morgan fingerprint density at radius 3 is 2.26 bits per heavy atom. The molecule has 0 N–H and O–H groups in total. The molecule has 2 heterocycles.